The summed E-state index contributed by atoms with van der Waals surface area (Å²) in [4.78, 5) is 0. The van der Waals surface area contributed by atoms with Crippen molar-refractivity contribution in [3.63, 3.8) is 0 Å². The third-order valence-electron chi connectivity index (χ3n) is 2.19. The number of aromatic nitrogens is 2. The maximum absolute atomic E-state index is 9.17. The van der Waals surface area contributed by atoms with Gasteiger partial charge in [0.05, 0.1) is 5.69 Å². The highest BCUT2D eigenvalue weighted by Gasteiger charge is 2.00. The predicted molar refractivity (Wildman–Crippen MR) is 63.3 cm³/mol. The molecule has 0 fully saturated rings. The van der Waals surface area contributed by atoms with Gasteiger partial charge in [-0.2, -0.15) is 0 Å². The van der Waals surface area contributed by atoms with Gasteiger partial charge in [0.2, 0.25) is 0 Å². The van der Waals surface area contributed by atoms with Gasteiger partial charge in [-0.1, -0.05) is 0 Å². The molecule has 0 atom stereocenters. The van der Waals surface area contributed by atoms with E-state index in [0.717, 1.165) is 23.6 Å². The SMILES string of the molecule is CCNc1ccc(-c2ccc(O)cc2)nn1. The lowest BCUT2D eigenvalue weighted by Gasteiger charge is -2.03. The molecular weight excluding hydrogens is 202 g/mol. The lowest BCUT2D eigenvalue weighted by Crippen LogP contribution is -2.00. The Hall–Kier alpha value is -2.10. The average molecular weight is 215 g/mol. The Morgan fingerprint density at radius 3 is 2.38 bits per heavy atom. The van der Waals surface area contributed by atoms with Crippen LogP contribution in [0.15, 0.2) is 36.4 Å². The number of phenolic OH excluding ortho intramolecular Hbond substituents is 1. The molecule has 4 nitrogen and oxygen atoms in total. The number of rotatable bonds is 3. The van der Waals surface area contributed by atoms with Crippen LogP contribution in [0.5, 0.6) is 5.75 Å². The van der Waals surface area contributed by atoms with Gasteiger partial charge in [-0.15, -0.1) is 10.2 Å². The molecule has 2 N–H and O–H groups in total. The van der Waals surface area contributed by atoms with E-state index in [1.165, 1.54) is 0 Å². The second-order valence-corrected chi connectivity index (χ2v) is 3.38. The summed E-state index contributed by atoms with van der Waals surface area (Å²) in [5.41, 5.74) is 1.73. The minimum absolute atomic E-state index is 0.251. The number of hydrogen-bond acceptors (Lipinski definition) is 4. The first-order valence-corrected chi connectivity index (χ1v) is 5.16. The van der Waals surface area contributed by atoms with Crippen LogP contribution < -0.4 is 5.32 Å². The number of nitrogens with one attached hydrogen (secondary N) is 1. The molecule has 0 spiro atoms. The molecule has 1 aromatic heterocycles. The molecule has 4 heteroatoms. The van der Waals surface area contributed by atoms with Crippen LogP contribution in [0.4, 0.5) is 5.82 Å². The van der Waals surface area contributed by atoms with Crippen molar-refractivity contribution in [2.75, 3.05) is 11.9 Å². The Balaban J connectivity index is 2.24. The summed E-state index contributed by atoms with van der Waals surface area (Å²) in [5, 5.41) is 20.4. The Labute approximate surface area is 94.0 Å². The minimum Gasteiger partial charge on any atom is -0.508 e. The van der Waals surface area contributed by atoms with E-state index in [-0.39, 0.29) is 5.75 Å². The fourth-order valence-corrected chi connectivity index (χ4v) is 1.39. The highest BCUT2D eigenvalue weighted by molar-refractivity contribution is 5.60. The molecule has 0 amide bonds. The Bertz CT molecular complexity index is 451. The zero-order valence-corrected chi connectivity index (χ0v) is 9.01. The number of phenols is 1. The van der Waals surface area contributed by atoms with E-state index >= 15 is 0 Å². The fraction of sp³-hybridized carbons (Fsp3) is 0.167. The average Bonchev–Trinajstić information content (AvgIpc) is 2.32. The smallest absolute Gasteiger partial charge is 0.148 e. The first-order valence-electron chi connectivity index (χ1n) is 5.16. The van der Waals surface area contributed by atoms with E-state index in [2.05, 4.69) is 15.5 Å². The standard InChI is InChI=1S/C12H13N3O/c1-2-13-12-8-7-11(14-15-12)9-3-5-10(16)6-4-9/h3-8,16H,2H2,1H3,(H,13,15). The number of benzene rings is 1. The summed E-state index contributed by atoms with van der Waals surface area (Å²) in [5.74, 6) is 1.02. The van der Waals surface area contributed by atoms with Gasteiger partial charge in [-0.05, 0) is 43.3 Å². The van der Waals surface area contributed by atoms with Crippen LogP contribution >= 0.6 is 0 Å². The molecule has 0 aliphatic heterocycles. The highest BCUT2D eigenvalue weighted by atomic mass is 16.3. The summed E-state index contributed by atoms with van der Waals surface area (Å²) < 4.78 is 0. The first-order chi connectivity index (χ1) is 7.79. The first kappa shape index (κ1) is 10.4. The summed E-state index contributed by atoms with van der Waals surface area (Å²) in [6, 6.07) is 10.7. The van der Waals surface area contributed by atoms with Crippen LogP contribution in [0.25, 0.3) is 11.3 Å². The third-order valence-corrected chi connectivity index (χ3v) is 2.19. The Kier molecular flexibility index (Phi) is 3.00. The van der Waals surface area contributed by atoms with Gasteiger partial charge >= 0.3 is 0 Å². The molecular formula is C12H13N3O. The van der Waals surface area contributed by atoms with Crippen molar-refractivity contribution in [2.24, 2.45) is 0 Å². The molecule has 0 bridgehead atoms. The third kappa shape index (κ3) is 2.28. The van der Waals surface area contributed by atoms with Gasteiger partial charge in [0.25, 0.3) is 0 Å². The molecule has 0 radical (unpaired) electrons. The topological polar surface area (TPSA) is 58.0 Å². The Morgan fingerprint density at radius 1 is 1.06 bits per heavy atom. The maximum atomic E-state index is 9.17. The van der Waals surface area contributed by atoms with Crippen molar-refractivity contribution in [1.82, 2.24) is 10.2 Å². The molecule has 1 heterocycles. The van der Waals surface area contributed by atoms with Crippen molar-refractivity contribution in [2.45, 2.75) is 6.92 Å². The lowest BCUT2D eigenvalue weighted by molar-refractivity contribution is 0.475. The fourth-order valence-electron chi connectivity index (χ4n) is 1.39. The van der Waals surface area contributed by atoms with Crippen molar-refractivity contribution in [3.05, 3.63) is 36.4 Å². The number of hydrogen-bond donors (Lipinski definition) is 2. The van der Waals surface area contributed by atoms with Gasteiger partial charge in [0.1, 0.15) is 11.6 Å². The van der Waals surface area contributed by atoms with Crippen molar-refractivity contribution in [1.29, 1.82) is 0 Å². The molecule has 16 heavy (non-hydrogen) atoms. The summed E-state index contributed by atoms with van der Waals surface area (Å²) in [6.07, 6.45) is 0. The van der Waals surface area contributed by atoms with E-state index in [9.17, 15) is 5.11 Å². The van der Waals surface area contributed by atoms with E-state index in [0.29, 0.717) is 0 Å². The van der Waals surface area contributed by atoms with E-state index in [1.807, 2.05) is 31.2 Å². The largest absolute Gasteiger partial charge is 0.508 e. The summed E-state index contributed by atoms with van der Waals surface area (Å²) in [7, 11) is 0. The quantitative estimate of drug-likeness (QED) is 0.824. The van der Waals surface area contributed by atoms with Crippen LogP contribution in [0.2, 0.25) is 0 Å². The monoisotopic (exact) mass is 215 g/mol. The lowest BCUT2D eigenvalue weighted by atomic mass is 10.1. The molecule has 0 unspecified atom stereocenters. The van der Waals surface area contributed by atoms with Crippen LogP contribution in [0.1, 0.15) is 6.92 Å². The van der Waals surface area contributed by atoms with Crippen molar-refractivity contribution < 1.29 is 5.11 Å². The van der Waals surface area contributed by atoms with Crippen LogP contribution in [0.3, 0.4) is 0 Å². The van der Waals surface area contributed by atoms with Crippen molar-refractivity contribution in [3.8, 4) is 17.0 Å². The molecule has 0 aliphatic carbocycles. The zero-order chi connectivity index (χ0) is 11.4. The van der Waals surface area contributed by atoms with Gasteiger partial charge in [-0.25, -0.2) is 0 Å². The van der Waals surface area contributed by atoms with Gasteiger partial charge < -0.3 is 10.4 Å². The van der Waals surface area contributed by atoms with E-state index < -0.39 is 0 Å². The van der Waals surface area contributed by atoms with Gasteiger partial charge in [-0.3, -0.25) is 0 Å². The summed E-state index contributed by atoms with van der Waals surface area (Å²) >= 11 is 0. The normalized spacial score (nSPS) is 10.1. The highest BCUT2D eigenvalue weighted by Crippen LogP contribution is 2.19. The second-order valence-electron chi connectivity index (χ2n) is 3.38. The molecule has 82 valence electrons. The number of aromatic hydroxyl groups is 1. The van der Waals surface area contributed by atoms with Crippen molar-refractivity contribution >= 4 is 5.82 Å². The summed E-state index contributed by atoms with van der Waals surface area (Å²) in [6.45, 7) is 2.84. The predicted octanol–water partition coefficient (Wildman–Crippen LogP) is 2.28. The molecule has 1 aromatic carbocycles. The molecule has 0 saturated carbocycles. The number of anilines is 1. The van der Waals surface area contributed by atoms with Crippen LogP contribution in [-0.2, 0) is 0 Å². The zero-order valence-electron chi connectivity index (χ0n) is 9.01. The van der Waals surface area contributed by atoms with E-state index in [1.54, 1.807) is 12.1 Å². The molecule has 0 aliphatic rings. The van der Waals surface area contributed by atoms with Crippen LogP contribution in [0, 0.1) is 0 Å². The van der Waals surface area contributed by atoms with Gasteiger partial charge in [0, 0.05) is 12.1 Å². The van der Waals surface area contributed by atoms with Crippen LogP contribution in [-0.4, -0.2) is 21.8 Å². The van der Waals surface area contributed by atoms with Gasteiger partial charge in [0.15, 0.2) is 0 Å². The Morgan fingerprint density at radius 2 is 1.81 bits per heavy atom. The van der Waals surface area contributed by atoms with E-state index in [4.69, 9.17) is 0 Å². The second kappa shape index (κ2) is 4.61. The maximum Gasteiger partial charge on any atom is 0.148 e. The molecule has 0 saturated heterocycles. The number of nitrogens with zero attached hydrogens (tertiary/aromatic N) is 2. The molecule has 2 rings (SSSR count). The minimum atomic E-state index is 0.251. The molecule has 2 aromatic rings.